The number of alkyl halides is 3. The summed E-state index contributed by atoms with van der Waals surface area (Å²) >= 11 is 0. The van der Waals surface area contributed by atoms with E-state index in [1.807, 2.05) is 0 Å². The van der Waals surface area contributed by atoms with Gasteiger partial charge in [-0.2, -0.15) is 13.2 Å². The van der Waals surface area contributed by atoms with Crippen molar-refractivity contribution in [2.45, 2.75) is 19.1 Å². The Labute approximate surface area is 86.3 Å². The number of nitrogens with two attached hydrogens (primary N) is 1. The van der Waals surface area contributed by atoms with Crippen LogP contribution in [0.4, 0.5) is 18.9 Å². The zero-order chi connectivity index (χ0) is 11.5. The topological polar surface area (TPSA) is 38.0 Å². The summed E-state index contributed by atoms with van der Waals surface area (Å²) in [4.78, 5) is 0. The molecule has 0 aliphatic rings. The summed E-state index contributed by atoms with van der Waals surface area (Å²) < 4.78 is 37.0. The summed E-state index contributed by atoms with van der Waals surface area (Å²) in [6.45, 7) is 2.18. The number of nitrogens with one attached hydrogen (secondary N) is 1. The molecule has 0 aromatic heterocycles. The van der Waals surface area contributed by atoms with Crippen molar-refractivity contribution in [1.82, 2.24) is 0 Å². The minimum atomic E-state index is -4.30. The van der Waals surface area contributed by atoms with Gasteiger partial charge in [-0.3, -0.25) is 0 Å². The van der Waals surface area contributed by atoms with Gasteiger partial charge in [0.25, 0.3) is 0 Å². The van der Waals surface area contributed by atoms with Crippen molar-refractivity contribution in [3.8, 4) is 0 Å². The van der Waals surface area contributed by atoms with E-state index >= 15 is 0 Å². The van der Waals surface area contributed by atoms with Crippen molar-refractivity contribution >= 4 is 5.69 Å². The molecule has 1 aromatic rings. The third-order valence-electron chi connectivity index (χ3n) is 1.96. The number of hydrogen-bond acceptors (Lipinski definition) is 2. The first-order valence-electron chi connectivity index (χ1n) is 4.57. The predicted octanol–water partition coefficient (Wildman–Crippen LogP) is 2.46. The lowest BCUT2D eigenvalue weighted by Crippen LogP contribution is -2.25. The van der Waals surface area contributed by atoms with Crippen molar-refractivity contribution in [1.29, 1.82) is 0 Å². The van der Waals surface area contributed by atoms with Crippen molar-refractivity contribution in [3.63, 3.8) is 0 Å². The van der Waals surface area contributed by atoms with Crippen molar-refractivity contribution in [2.75, 3.05) is 11.9 Å². The summed E-state index contributed by atoms with van der Waals surface area (Å²) in [6.07, 6.45) is -4.30. The molecule has 1 atom stereocenters. The van der Waals surface area contributed by atoms with Crippen molar-refractivity contribution < 1.29 is 13.2 Å². The SMILES string of the molecule is CC(CN)Nc1cccc(C(F)(F)F)c1. The van der Waals surface area contributed by atoms with Gasteiger partial charge in [0, 0.05) is 18.3 Å². The zero-order valence-electron chi connectivity index (χ0n) is 8.31. The fourth-order valence-electron chi connectivity index (χ4n) is 1.13. The average Bonchev–Trinajstić information content (AvgIpc) is 2.17. The molecule has 1 rings (SSSR count). The Hall–Kier alpha value is -1.23. The summed E-state index contributed by atoms with van der Waals surface area (Å²) in [5.41, 5.74) is 5.14. The molecular weight excluding hydrogens is 205 g/mol. The Kier molecular flexibility index (Phi) is 3.57. The van der Waals surface area contributed by atoms with Crippen LogP contribution in [0.15, 0.2) is 24.3 Å². The lowest BCUT2D eigenvalue weighted by atomic mass is 10.2. The fraction of sp³-hybridized carbons (Fsp3) is 0.400. The molecule has 0 aliphatic heterocycles. The van der Waals surface area contributed by atoms with Gasteiger partial charge in [-0.1, -0.05) is 6.07 Å². The van der Waals surface area contributed by atoms with Gasteiger partial charge in [-0.25, -0.2) is 0 Å². The van der Waals surface area contributed by atoms with Crippen LogP contribution in [0.25, 0.3) is 0 Å². The van der Waals surface area contributed by atoms with Gasteiger partial charge in [0.1, 0.15) is 0 Å². The van der Waals surface area contributed by atoms with Crippen LogP contribution >= 0.6 is 0 Å². The predicted molar refractivity (Wildman–Crippen MR) is 53.6 cm³/mol. The van der Waals surface area contributed by atoms with E-state index in [0.717, 1.165) is 12.1 Å². The third kappa shape index (κ3) is 3.43. The fourth-order valence-corrected chi connectivity index (χ4v) is 1.13. The zero-order valence-corrected chi connectivity index (χ0v) is 8.31. The first kappa shape index (κ1) is 11.8. The molecule has 0 aliphatic carbocycles. The van der Waals surface area contributed by atoms with Gasteiger partial charge < -0.3 is 11.1 Å². The van der Waals surface area contributed by atoms with Crippen LogP contribution in [0.2, 0.25) is 0 Å². The van der Waals surface area contributed by atoms with Crippen LogP contribution in [-0.4, -0.2) is 12.6 Å². The normalized spacial score (nSPS) is 13.7. The van der Waals surface area contributed by atoms with Gasteiger partial charge >= 0.3 is 6.18 Å². The molecule has 0 saturated heterocycles. The summed E-state index contributed by atoms with van der Waals surface area (Å²) in [5.74, 6) is 0. The molecule has 0 spiro atoms. The second-order valence-corrected chi connectivity index (χ2v) is 3.36. The maximum atomic E-state index is 12.3. The number of rotatable bonds is 3. The van der Waals surface area contributed by atoms with E-state index in [4.69, 9.17) is 5.73 Å². The van der Waals surface area contributed by atoms with Gasteiger partial charge in [0.15, 0.2) is 0 Å². The van der Waals surface area contributed by atoms with Crippen LogP contribution < -0.4 is 11.1 Å². The minimum Gasteiger partial charge on any atom is -0.381 e. The highest BCUT2D eigenvalue weighted by atomic mass is 19.4. The van der Waals surface area contributed by atoms with E-state index in [-0.39, 0.29) is 6.04 Å². The van der Waals surface area contributed by atoms with Crippen LogP contribution in [-0.2, 0) is 6.18 Å². The highest BCUT2D eigenvalue weighted by Crippen LogP contribution is 2.30. The van der Waals surface area contributed by atoms with Crippen LogP contribution in [0.1, 0.15) is 12.5 Å². The molecule has 2 nitrogen and oxygen atoms in total. The summed E-state index contributed by atoms with van der Waals surface area (Å²) in [6, 6.07) is 5.02. The Bertz CT molecular complexity index is 323. The van der Waals surface area contributed by atoms with Crippen LogP contribution in [0.3, 0.4) is 0 Å². The second kappa shape index (κ2) is 4.53. The summed E-state index contributed by atoms with van der Waals surface area (Å²) in [7, 11) is 0. The number of hydrogen-bond donors (Lipinski definition) is 2. The smallest absolute Gasteiger partial charge is 0.381 e. The van der Waals surface area contributed by atoms with Crippen LogP contribution in [0.5, 0.6) is 0 Å². The molecule has 3 N–H and O–H groups in total. The van der Waals surface area contributed by atoms with Gasteiger partial charge in [0.05, 0.1) is 5.56 Å². The largest absolute Gasteiger partial charge is 0.416 e. The van der Waals surface area contributed by atoms with Crippen LogP contribution in [0, 0.1) is 0 Å². The van der Waals surface area contributed by atoms with E-state index in [9.17, 15) is 13.2 Å². The van der Waals surface area contributed by atoms with Crippen molar-refractivity contribution in [2.24, 2.45) is 5.73 Å². The number of benzene rings is 1. The van der Waals surface area contributed by atoms with E-state index in [1.165, 1.54) is 6.07 Å². The highest BCUT2D eigenvalue weighted by molar-refractivity contribution is 5.47. The maximum Gasteiger partial charge on any atom is 0.416 e. The molecule has 0 fully saturated rings. The van der Waals surface area contributed by atoms with E-state index in [2.05, 4.69) is 5.32 Å². The molecule has 84 valence electrons. The van der Waals surface area contributed by atoms with Crippen molar-refractivity contribution in [3.05, 3.63) is 29.8 Å². The maximum absolute atomic E-state index is 12.3. The molecule has 1 unspecified atom stereocenters. The molecule has 0 bridgehead atoms. The monoisotopic (exact) mass is 218 g/mol. The minimum absolute atomic E-state index is 0.0477. The second-order valence-electron chi connectivity index (χ2n) is 3.36. The molecule has 15 heavy (non-hydrogen) atoms. The lowest BCUT2D eigenvalue weighted by Gasteiger charge is -2.14. The number of anilines is 1. The standard InChI is InChI=1S/C10H13F3N2/c1-7(6-14)15-9-4-2-3-8(5-9)10(11,12)13/h2-5,7,15H,6,14H2,1H3. The van der Waals surface area contributed by atoms with Gasteiger partial charge in [0.2, 0.25) is 0 Å². The Morgan fingerprint density at radius 1 is 1.40 bits per heavy atom. The molecule has 0 radical (unpaired) electrons. The quantitative estimate of drug-likeness (QED) is 0.817. The lowest BCUT2D eigenvalue weighted by molar-refractivity contribution is -0.137. The van der Waals surface area contributed by atoms with E-state index in [1.54, 1.807) is 13.0 Å². The van der Waals surface area contributed by atoms with E-state index < -0.39 is 11.7 Å². The molecule has 5 heteroatoms. The molecule has 0 heterocycles. The number of halogens is 3. The average molecular weight is 218 g/mol. The Morgan fingerprint density at radius 2 is 2.07 bits per heavy atom. The molecule has 1 aromatic carbocycles. The Morgan fingerprint density at radius 3 is 2.60 bits per heavy atom. The van der Waals surface area contributed by atoms with Gasteiger partial charge in [-0.05, 0) is 25.1 Å². The molecule has 0 saturated carbocycles. The first-order chi connectivity index (χ1) is 6.93. The first-order valence-corrected chi connectivity index (χ1v) is 4.57. The highest BCUT2D eigenvalue weighted by Gasteiger charge is 2.30. The molecular formula is C10H13F3N2. The Balaban J connectivity index is 2.84. The van der Waals surface area contributed by atoms with E-state index in [0.29, 0.717) is 12.2 Å². The third-order valence-corrected chi connectivity index (χ3v) is 1.96. The summed E-state index contributed by atoms with van der Waals surface area (Å²) in [5, 5.41) is 2.88. The van der Waals surface area contributed by atoms with Gasteiger partial charge in [-0.15, -0.1) is 0 Å². The molecule has 0 amide bonds.